The fraction of sp³-hybridized carbons (Fsp3) is 0.562. The number of rotatable bonds is 6. The average molecular weight is 341 g/mol. The van der Waals surface area contributed by atoms with Gasteiger partial charge in [0.2, 0.25) is 0 Å². The molecule has 1 aromatic rings. The van der Waals surface area contributed by atoms with Gasteiger partial charge in [0, 0.05) is 13.1 Å². The number of sulfone groups is 1. The Bertz CT molecular complexity index is 678. The molecule has 0 bridgehead atoms. The first kappa shape index (κ1) is 17.6. The van der Waals surface area contributed by atoms with Gasteiger partial charge in [-0.2, -0.15) is 0 Å². The fourth-order valence-electron chi connectivity index (χ4n) is 2.66. The summed E-state index contributed by atoms with van der Waals surface area (Å²) in [6.45, 7) is 4.21. The van der Waals surface area contributed by atoms with Crippen molar-refractivity contribution in [2.75, 3.05) is 33.1 Å². The Morgan fingerprint density at radius 3 is 2.43 bits per heavy atom. The molecule has 1 aliphatic heterocycles. The smallest absolute Gasteiger partial charge is 0.257 e. The number of carbonyl (C=O) groups excluding carboxylic acids is 1. The van der Waals surface area contributed by atoms with Crippen molar-refractivity contribution in [1.82, 2.24) is 4.90 Å². The van der Waals surface area contributed by atoms with Crippen molar-refractivity contribution >= 4 is 15.7 Å². The highest BCUT2D eigenvalue weighted by Gasteiger charge is 2.40. The van der Waals surface area contributed by atoms with Crippen molar-refractivity contribution < 1.29 is 22.7 Å². The second-order valence-electron chi connectivity index (χ2n) is 6.10. The van der Waals surface area contributed by atoms with Gasteiger partial charge < -0.3 is 14.4 Å². The Morgan fingerprint density at radius 1 is 1.26 bits per heavy atom. The van der Waals surface area contributed by atoms with Crippen molar-refractivity contribution in [3.05, 3.63) is 23.8 Å². The molecule has 0 aromatic heterocycles. The van der Waals surface area contributed by atoms with E-state index in [-0.39, 0.29) is 30.7 Å². The van der Waals surface area contributed by atoms with E-state index in [4.69, 9.17) is 9.47 Å². The van der Waals surface area contributed by atoms with Crippen molar-refractivity contribution in [1.29, 1.82) is 0 Å². The number of hydrogen-bond donors (Lipinski definition) is 0. The molecule has 2 rings (SSSR count). The molecule has 0 saturated carbocycles. The minimum atomic E-state index is -3.15. The number of methoxy groups -OCH3 is 2. The summed E-state index contributed by atoms with van der Waals surface area (Å²) in [6.07, 6.45) is 0. The molecule has 7 heteroatoms. The number of nitrogens with zero attached hydrogens (tertiary/aromatic N) is 1. The van der Waals surface area contributed by atoms with E-state index in [1.165, 1.54) is 19.1 Å². The van der Waals surface area contributed by atoms with E-state index in [1.807, 2.05) is 13.8 Å². The largest absolute Gasteiger partial charge is 0.493 e. The van der Waals surface area contributed by atoms with Gasteiger partial charge in [0.25, 0.3) is 5.91 Å². The summed E-state index contributed by atoms with van der Waals surface area (Å²) in [7, 11) is -0.173. The zero-order chi connectivity index (χ0) is 17.2. The quantitative estimate of drug-likeness (QED) is 0.786. The van der Waals surface area contributed by atoms with Gasteiger partial charge in [0.1, 0.15) is 0 Å². The van der Waals surface area contributed by atoms with Crippen LogP contribution in [-0.2, 0) is 9.84 Å². The van der Waals surface area contributed by atoms with E-state index >= 15 is 0 Å². The Kier molecular flexibility index (Phi) is 5.19. The van der Waals surface area contributed by atoms with Crippen LogP contribution in [-0.4, -0.2) is 57.5 Å². The molecule has 0 N–H and O–H groups in total. The van der Waals surface area contributed by atoms with Crippen molar-refractivity contribution in [3.63, 3.8) is 0 Å². The second kappa shape index (κ2) is 6.78. The van der Waals surface area contributed by atoms with Gasteiger partial charge in [-0.3, -0.25) is 4.79 Å². The molecule has 1 aliphatic rings. The van der Waals surface area contributed by atoms with Gasteiger partial charge in [-0.1, -0.05) is 19.9 Å². The number of amides is 1. The summed E-state index contributed by atoms with van der Waals surface area (Å²) < 4.78 is 34.8. The van der Waals surface area contributed by atoms with Crippen molar-refractivity contribution in [3.8, 4) is 11.5 Å². The molecule has 1 amide bonds. The van der Waals surface area contributed by atoms with Gasteiger partial charge in [0.05, 0.1) is 30.8 Å². The third-order valence-electron chi connectivity index (χ3n) is 3.84. The first-order valence-electron chi connectivity index (χ1n) is 7.52. The summed E-state index contributed by atoms with van der Waals surface area (Å²) in [5.74, 6) is 0.846. The number of likely N-dealkylation sites (tertiary alicyclic amines) is 1. The summed E-state index contributed by atoms with van der Waals surface area (Å²) in [5.41, 5.74) is 0.381. The standard InChI is InChI=1S/C16H23NO5S/c1-11(2)10-23(19,20)12-8-17(9-12)16(18)13-6-5-7-14(21-3)15(13)22-4/h5-7,11-12H,8-10H2,1-4H3. The average Bonchev–Trinajstić information content (AvgIpc) is 2.42. The van der Waals surface area contributed by atoms with E-state index < -0.39 is 15.1 Å². The maximum atomic E-state index is 12.6. The number of carbonyl (C=O) groups is 1. The van der Waals surface area contributed by atoms with Gasteiger partial charge in [-0.25, -0.2) is 8.42 Å². The Balaban J connectivity index is 2.11. The Labute approximate surface area is 137 Å². The maximum Gasteiger partial charge on any atom is 0.257 e. The molecule has 0 unspecified atom stereocenters. The highest BCUT2D eigenvalue weighted by molar-refractivity contribution is 7.92. The fourth-order valence-corrected chi connectivity index (χ4v) is 4.67. The molecular weight excluding hydrogens is 318 g/mol. The molecule has 0 spiro atoms. The van der Waals surface area contributed by atoms with Gasteiger partial charge in [-0.15, -0.1) is 0 Å². The van der Waals surface area contributed by atoms with E-state index in [2.05, 4.69) is 0 Å². The molecule has 1 fully saturated rings. The summed E-state index contributed by atoms with van der Waals surface area (Å²) in [4.78, 5) is 14.1. The maximum absolute atomic E-state index is 12.6. The minimum Gasteiger partial charge on any atom is -0.493 e. The van der Waals surface area contributed by atoms with Crippen LogP contribution >= 0.6 is 0 Å². The minimum absolute atomic E-state index is 0.0863. The normalized spacial score (nSPS) is 15.4. The highest BCUT2D eigenvalue weighted by Crippen LogP contribution is 2.33. The zero-order valence-electron chi connectivity index (χ0n) is 13.9. The highest BCUT2D eigenvalue weighted by atomic mass is 32.2. The van der Waals surface area contributed by atoms with Crippen LogP contribution in [0, 0.1) is 5.92 Å². The molecule has 23 heavy (non-hydrogen) atoms. The summed E-state index contributed by atoms with van der Waals surface area (Å²) >= 11 is 0. The lowest BCUT2D eigenvalue weighted by molar-refractivity contribution is 0.0654. The number of para-hydroxylation sites is 1. The van der Waals surface area contributed by atoms with Crippen molar-refractivity contribution in [2.45, 2.75) is 19.1 Å². The predicted molar refractivity (Wildman–Crippen MR) is 87.9 cm³/mol. The number of ether oxygens (including phenoxy) is 2. The van der Waals surface area contributed by atoms with Gasteiger partial charge >= 0.3 is 0 Å². The van der Waals surface area contributed by atoms with Crippen LogP contribution < -0.4 is 9.47 Å². The van der Waals surface area contributed by atoms with Crippen LogP contribution in [0.3, 0.4) is 0 Å². The molecule has 1 heterocycles. The lowest BCUT2D eigenvalue weighted by Gasteiger charge is -2.39. The topological polar surface area (TPSA) is 72.9 Å². The lowest BCUT2D eigenvalue weighted by atomic mass is 10.1. The van der Waals surface area contributed by atoms with E-state index in [9.17, 15) is 13.2 Å². The first-order chi connectivity index (χ1) is 10.8. The van der Waals surface area contributed by atoms with Gasteiger partial charge in [-0.05, 0) is 18.1 Å². The second-order valence-corrected chi connectivity index (χ2v) is 8.42. The van der Waals surface area contributed by atoms with E-state index in [0.29, 0.717) is 17.1 Å². The number of hydrogen-bond acceptors (Lipinski definition) is 5. The molecular formula is C16H23NO5S. The molecule has 0 atom stereocenters. The Hall–Kier alpha value is -1.76. The molecule has 1 aromatic carbocycles. The molecule has 0 radical (unpaired) electrons. The SMILES string of the molecule is COc1cccc(C(=O)N2CC(S(=O)(=O)CC(C)C)C2)c1OC. The van der Waals surface area contributed by atoms with Gasteiger partial charge in [0.15, 0.2) is 21.3 Å². The third-order valence-corrected chi connectivity index (χ3v) is 6.29. The first-order valence-corrected chi connectivity index (χ1v) is 9.23. The zero-order valence-corrected chi connectivity index (χ0v) is 14.7. The van der Waals surface area contributed by atoms with Crippen molar-refractivity contribution in [2.24, 2.45) is 5.92 Å². The van der Waals surface area contributed by atoms with Crippen LogP contribution in [0.4, 0.5) is 0 Å². The Morgan fingerprint density at radius 2 is 1.91 bits per heavy atom. The van der Waals surface area contributed by atoms with E-state index in [0.717, 1.165) is 0 Å². The lowest BCUT2D eigenvalue weighted by Crippen LogP contribution is -2.57. The monoisotopic (exact) mass is 341 g/mol. The molecule has 128 valence electrons. The number of benzene rings is 1. The van der Waals surface area contributed by atoms with Crippen LogP contribution in [0.2, 0.25) is 0 Å². The van der Waals surface area contributed by atoms with Crippen LogP contribution in [0.15, 0.2) is 18.2 Å². The van der Waals surface area contributed by atoms with Crippen LogP contribution in [0.5, 0.6) is 11.5 Å². The van der Waals surface area contributed by atoms with Crippen LogP contribution in [0.1, 0.15) is 24.2 Å². The van der Waals surface area contributed by atoms with Crippen LogP contribution in [0.25, 0.3) is 0 Å². The molecule has 0 aliphatic carbocycles. The molecule has 1 saturated heterocycles. The predicted octanol–water partition coefficient (Wildman–Crippen LogP) is 1.60. The van der Waals surface area contributed by atoms with E-state index in [1.54, 1.807) is 18.2 Å². The third kappa shape index (κ3) is 3.60. The molecule has 6 nitrogen and oxygen atoms in total. The summed E-state index contributed by atoms with van der Waals surface area (Å²) in [6, 6.07) is 5.07. The summed E-state index contributed by atoms with van der Waals surface area (Å²) in [5, 5.41) is -0.467.